The molecule has 0 aliphatic carbocycles. The summed E-state index contributed by atoms with van der Waals surface area (Å²) in [6.07, 6.45) is 6.12. The van der Waals surface area contributed by atoms with Crippen LogP contribution in [0.5, 0.6) is 0 Å². The smallest absolute Gasteiger partial charge is 0.0142 e. The average molecular weight is 138 g/mol. The van der Waals surface area contributed by atoms with Crippen molar-refractivity contribution >= 4 is 0 Å². The van der Waals surface area contributed by atoms with Crippen molar-refractivity contribution in [3.8, 4) is 12.3 Å². The second-order valence-corrected chi connectivity index (χ2v) is 4.51. The van der Waals surface area contributed by atoms with Crippen LogP contribution in [0.4, 0.5) is 0 Å². The molecule has 0 N–H and O–H groups in total. The highest BCUT2D eigenvalue weighted by atomic mass is 14.4. The number of terminal acetylenes is 1. The van der Waals surface area contributed by atoms with Crippen molar-refractivity contribution < 1.29 is 0 Å². The molecule has 0 rings (SSSR count). The molecule has 0 aromatic heterocycles. The molecule has 0 aromatic rings. The highest BCUT2D eigenvalue weighted by Gasteiger charge is 2.31. The van der Waals surface area contributed by atoms with Crippen molar-refractivity contribution in [1.82, 2.24) is 0 Å². The highest BCUT2D eigenvalue weighted by Crippen LogP contribution is 2.40. The lowest BCUT2D eigenvalue weighted by atomic mass is 9.68. The van der Waals surface area contributed by atoms with Crippen LogP contribution in [0.3, 0.4) is 0 Å². The van der Waals surface area contributed by atoms with E-state index in [4.69, 9.17) is 6.42 Å². The van der Waals surface area contributed by atoms with E-state index in [-0.39, 0.29) is 5.41 Å². The summed E-state index contributed by atoms with van der Waals surface area (Å²) in [5.41, 5.74) is 0.557. The molecule has 0 saturated carbocycles. The number of hydrogen-bond acceptors (Lipinski definition) is 0. The van der Waals surface area contributed by atoms with E-state index in [1.54, 1.807) is 0 Å². The van der Waals surface area contributed by atoms with Gasteiger partial charge in [-0.2, -0.15) is 0 Å². The zero-order chi connectivity index (χ0) is 8.41. The van der Waals surface area contributed by atoms with Gasteiger partial charge in [0.15, 0.2) is 0 Å². The van der Waals surface area contributed by atoms with Gasteiger partial charge in [0.1, 0.15) is 0 Å². The molecule has 0 heterocycles. The fourth-order valence-corrected chi connectivity index (χ4v) is 0.520. The average Bonchev–Trinajstić information content (AvgIpc) is 1.61. The van der Waals surface area contributed by atoms with Gasteiger partial charge in [-0.25, -0.2) is 0 Å². The first-order valence-electron chi connectivity index (χ1n) is 3.75. The SMILES string of the molecule is C#CCC(C)(C)C(C)(C)C. The lowest BCUT2D eigenvalue weighted by Gasteiger charge is -2.37. The van der Waals surface area contributed by atoms with E-state index in [1.165, 1.54) is 0 Å². The molecule has 0 heteroatoms. The third-order valence-electron chi connectivity index (χ3n) is 2.57. The fourth-order valence-electron chi connectivity index (χ4n) is 0.520. The molecule has 0 fully saturated rings. The largest absolute Gasteiger partial charge is 0.120 e. The van der Waals surface area contributed by atoms with Crippen LogP contribution in [0.2, 0.25) is 0 Å². The fraction of sp³-hybridized carbons (Fsp3) is 0.800. The molecule has 0 atom stereocenters. The van der Waals surface area contributed by atoms with Crippen molar-refractivity contribution in [3.63, 3.8) is 0 Å². The van der Waals surface area contributed by atoms with Gasteiger partial charge in [0.2, 0.25) is 0 Å². The molecular formula is C10H18. The normalized spacial score (nSPS) is 12.8. The van der Waals surface area contributed by atoms with Gasteiger partial charge >= 0.3 is 0 Å². The standard InChI is InChI=1S/C10H18/c1-7-8-10(5,6)9(2,3)4/h1H,8H2,2-6H3. The second-order valence-electron chi connectivity index (χ2n) is 4.51. The Hall–Kier alpha value is -0.440. The Balaban J connectivity index is 4.28. The summed E-state index contributed by atoms with van der Waals surface area (Å²) < 4.78 is 0. The Kier molecular flexibility index (Phi) is 2.54. The maximum atomic E-state index is 5.26. The van der Waals surface area contributed by atoms with Gasteiger partial charge in [-0.3, -0.25) is 0 Å². The van der Waals surface area contributed by atoms with Gasteiger partial charge in [0, 0.05) is 6.42 Å². The predicted molar refractivity (Wildman–Crippen MR) is 46.7 cm³/mol. The summed E-state index contributed by atoms with van der Waals surface area (Å²) in [4.78, 5) is 0. The zero-order valence-electron chi connectivity index (χ0n) is 7.78. The Morgan fingerprint density at radius 3 is 1.60 bits per heavy atom. The Morgan fingerprint density at radius 1 is 1.10 bits per heavy atom. The summed E-state index contributed by atoms with van der Waals surface area (Å²) in [5, 5.41) is 0. The summed E-state index contributed by atoms with van der Waals surface area (Å²) >= 11 is 0. The third kappa shape index (κ3) is 2.06. The second kappa shape index (κ2) is 2.66. The van der Waals surface area contributed by atoms with E-state index >= 15 is 0 Å². The zero-order valence-corrected chi connectivity index (χ0v) is 7.78. The van der Waals surface area contributed by atoms with Crippen LogP contribution in [-0.2, 0) is 0 Å². The minimum Gasteiger partial charge on any atom is -0.120 e. The molecule has 0 nitrogen and oxygen atoms in total. The van der Waals surface area contributed by atoms with Gasteiger partial charge in [0.25, 0.3) is 0 Å². The molecule has 0 amide bonds. The van der Waals surface area contributed by atoms with Crippen LogP contribution in [-0.4, -0.2) is 0 Å². The Morgan fingerprint density at radius 2 is 1.50 bits per heavy atom. The van der Waals surface area contributed by atoms with E-state index in [0.29, 0.717) is 5.41 Å². The molecule has 0 spiro atoms. The summed E-state index contributed by atoms with van der Waals surface area (Å²) in [6.45, 7) is 11.1. The van der Waals surface area contributed by atoms with E-state index in [0.717, 1.165) is 6.42 Å². The van der Waals surface area contributed by atoms with Crippen molar-refractivity contribution in [2.75, 3.05) is 0 Å². The lowest BCUT2D eigenvalue weighted by Crippen LogP contribution is -2.28. The number of rotatable bonds is 1. The molecule has 0 radical (unpaired) electrons. The van der Waals surface area contributed by atoms with Crippen molar-refractivity contribution in [2.45, 2.75) is 41.0 Å². The molecule has 0 aliphatic rings. The van der Waals surface area contributed by atoms with Gasteiger partial charge in [0.05, 0.1) is 0 Å². The highest BCUT2D eigenvalue weighted by molar-refractivity contribution is 4.95. The molecular weight excluding hydrogens is 120 g/mol. The molecule has 58 valence electrons. The summed E-state index contributed by atoms with van der Waals surface area (Å²) in [5.74, 6) is 2.71. The van der Waals surface area contributed by atoms with Crippen LogP contribution in [0.25, 0.3) is 0 Å². The molecule has 0 unspecified atom stereocenters. The summed E-state index contributed by atoms with van der Waals surface area (Å²) in [7, 11) is 0. The first kappa shape index (κ1) is 9.56. The third-order valence-corrected chi connectivity index (χ3v) is 2.57. The van der Waals surface area contributed by atoms with E-state index < -0.39 is 0 Å². The first-order valence-corrected chi connectivity index (χ1v) is 3.75. The van der Waals surface area contributed by atoms with E-state index in [1.807, 2.05) is 0 Å². The molecule has 10 heavy (non-hydrogen) atoms. The minimum atomic E-state index is 0.252. The van der Waals surface area contributed by atoms with Gasteiger partial charge < -0.3 is 0 Å². The predicted octanol–water partition coefficient (Wildman–Crippen LogP) is 3.08. The first-order chi connectivity index (χ1) is 4.31. The van der Waals surface area contributed by atoms with Gasteiger partial charge in [-0.15, -0.1) is 12.3 Å². The lowest BCUT2D eigenvalue weighted by molar-refractivity contribution is 0.138. The molecule has 0 bridgehead atoms. The maximum Gasteiger partial charge on any atom is 0.0142 e. The van der Waals surface area contributed by atoms with Crippen LogP contribution in [0, 0.1) is 23.2 Å². The Bertz CT molecular complexity index is 138. The van der Waals surface area contributed by atoms with Gasteiger partial charge in [-0.05, 0) is 10.8 Å². The molecule has 0 aromatic carbocycles. The maximum absolute atomic E-state index is 5.26. The van der Waals surface area contributed by atoms with Gasteiger partial charge in [-0.1, -0.05) is 34.6 Å². The Labute approximate surface area is 65.0 Å². The topological polar surface area (TPSA) is 0 Å². The van der Waals surface area contributed by atoms with Crippen molar-refractivity contribution in [1.29, 1.82) is 0 Å². The number of hydrogen-bond donors (Lipinski definition) is 0. The minimum absolute atomic E-state index is 0.252. The van der Waals surface area contributed by atoms with Crippen LogP contribution in [0.1, 0.15) is 41.0 Å². The summed E-state index contributed by atoms with van der Waals surface area (Å²) in [6, 6.07) is 0. The van der Waals surface area contributed by atoms with Crippen molar-refractivity contribution in [3.05, 3.63) is 0 Å². The van der Waals surface area contributed by atoms with Crippen molar-refractivity contribution in [2.24, 2.45) is 10.8 Å². The monoisotopic (exact) mass is 138 g/mol. The van der Waals surface area contributed by atoms with E-state index in [9.17, 15) is 0 Å². The van der Waals surface area contributed by atoms with Crippen LogP contribution < -0.4 is 0 Å². The molecule has 0 aliphatic heterocycles. The quantitative estimate of drug-likeness (QED) is 0.488. The van der Waals surface area contributed by atoms with Crippen LogP contribution in [0.15, 0.2) is 0 Å². The van der Waals surface area contributed by atoms with Crippen LogP contribution >= 0.6 is 0 Å². The van der Waals surface area contributed by atoms with E-state index in [2.05, 4.69) is 40.5 Å². The molecule has 0 saturated heterocycles.